The number of hydrogen-bond donors (Lipinski definition) is 1. The van der Waals surface area contributed by atoms with E-state index in [9.17, 15) is 22.8 Å². The van der Waals surface area contributed by atoms with Gasteiger partial charge in [-0.2, -0.15) is 8.42 Å². The van der Waals surface area contributed by atoms with E-state index >= 15 is 0 Å². The molecule has 12 nitrogen and oxygen atoms in total. The van der Waals surface area contributed by atoms with E-state index in [1.54, 1.807) is 77.9 Å². The van der Waals surface area contributed by atoms with Crippen LogP contribution >= 0.6 is 0 Å². The van der Waals surface area contributed by atoms with Crippen molar-refractivity contribution in [2.75, 3.05) is 23.0 Å². The molecule has 0 bridgehead atoms. The zero-order valence-electron chi connectivity index (χ0n) is 27.5. The van der Waals surface area contributed by atoms with Gasteiger partial charge >= 0.3 is 12.2 Å². The SMILES string of the molecule is CC(C)(C)OC(=O)N[C@H]1CCN(c2ccc(-c3ccccc3N(C(=O)OC(C)(C)C)C(OCC[Si](C)(C)C)=S(=O)=O)cn2)C1=O. The molecule has 1 aliphatic heterocycles. The Morgan fingerprint density at radius 1 is 1.02 bits per heavy atom. The van der Waals surface area contributed by atoms with E-state index in [1.807, 2.05) is 0 Å². The lowest BCUT2D eigenvalue weighted by Gasteiger charge is -2.28. The summed E-state index contributed by atoms with van der Waals surface area (Å²) in [5.74, 6) is 0.0616. The molecule has 2 aromatic rings. The van der Waals surface area contributed by atoms with Gasteiger partial charge in [0, 0.05) is 31.9 Å². The molecule has 1 aromatic heterocycles. The summed E-state index contributed by atoms with van der Waals surface area (Å²) in [5.41, 5.74) is -0.362. The molecule has 0 aliphatic carbocycles. The van der Waals surface area contributed by atoms with Crippen LogP contribution in [-0.2, 0) is 29.3 Å². The first-order chi connectivity index (χ1) is 20.8. The van der Waals surface area contributed by atoms with Crippen LogP contribution < -0.4 is 15.1 Å². The normalized spacial score (nSPS) is 15.4. The molecule has 0 spiro atoms. The Balaban J connectivity index is 1.94. The third kappa shape index (κ3) is 10.4. The smallest absolute Gasteiger partial charge is 0.421 e. The summed E-state index contributed by atoms with van der Waals surface area (Å²) in [5, 5.41) is 2.05. The lowest BCUT2D eigenvalue weighted by Crippen LogP contribution is -2.43. The first-order valence-electron chi connectivity index (χ1n) is 14.7. The summed E-state index contributed by atoms with van der Waals surface area (Å²) in [7, 11) is -4.50. The number of anilines is 2. The molecule has 1 atom stereocenters. The molecular weight excluding hydrogens is 617 g/mol. The van der Waals surface area contributed by atoms with Crippen LogP contribution in [0.3, 0.4) is 0 Å². The third-order valence-corrected chi connectivity index (χ3v) is 8.65. The van der Waals surface area contributed by atoms with E-state index in [1.165, 1.54) is 11.1 Å². The van der Waals surface area contributed by atoms with Crippen LogP contribution in [0, 0.1) is 0 Å². The second kappa shape index (κ2) is 14.1. The number of alkyl carbamates (subject to hydrolysis) is 1. The Hall–Kier alpha value is -3.75. The van der Waals surface area contributed by atoms with Crippen molar-refractivity contribution in [2.24, 2.45) is 0 Å². The first kappa shape index (κ1) is 35.7. The number of carbonyl (C=O) groups excluding carboxylic acids is 3. The fourth-order valence-electron chi connectivity index (χ4n) is 4.32. The molecule has 3 amide bonds. The highest BCUT2D eigenvalue weighted by atomic mass is 32.2. The minimum atomic E-state index is -2.91. The minimum Gasteiger partial charge on any atom is -0.444 e. The Morgan fingerprint density at radius 2 is 1.67 bits per heavy atom. The van der Waals surface area contributed by atoms with E-state index in [2.05, 4.69) is 29.9 Å². The molecule has 1 saturated heterocycles. The number of ether oxygens (including phenoxy) is 3. The second-order valence-corrected chi connectivity index (χ2v) is 20.3. The zero-order valence-corrected chi connectivity index (χ0v) is 29.3. The monoisotopic (exact) mass is 660 g/mol. The van der Waals surface area contributed by atoms with E-state index < -0.39 is 53.0 Å². The fraction of sp³-hybridized carbons (Fsp3) is 0.516. The molecule has 14 heteroatoms. The number of benzene rings is 1. The largest absolute Gasteiger partial charge is 0.444 e. The van der Waals surface area contributed by atoms with Crippen LogP contribution in [0.1, 0.15) is 48.0 Å². The van der Waals surface area contributed by atoms with Crippen molar-refractivity contribution in [3.8, 4) is 11.1 Å². The van der Waals surface area contributed by atoms with Crippen molar-refractivity contribution in [1.82, 2.24) is 10.3 Å². The van der Waals surface area contributed by atoms with Gasteiger partial charge in [-0.05, 0) is 72.2 Å². The topological polar surface area (TPSA) is 144 Å². The van der Waals surface area contributed by atoms with Crippen LogP contribution in [0.5, 0.6) is 0 Å². The van der Waals surface area contributed by atoms with Crippen LogP contribution in [0.2, 0.25) is 25.7 Å². The van der Waals surface area contributed by atoms with E-state index in [-0.39, 0.29) is 18.2 Å². The van der Waals surface area contributed by atoms with Gasteiger partial charge in [-0.15, -0.1) is 0 Å². The van der Waals surface area contributed by atoms with E-state index in [0.29, 0.717) is 36.0 Å². The van der Waals surface area contributed by atoms with Crippen molar-refractivity contribution in [3.63, 3.8) is 0 Å². The van der Waals surface area contributed by atoms with Gasteiger partial charge in [0.25, 0.3) is 21.4 Å². The molecule has 45 heavy (non-hydrogen) atoms. The Labute approximate surface area is 267 Å². The molecule has 1 N–H and O–H groups in total. The van der Waals surface area contributed by atoms with Crippen LogP contribution in [0.4, 0.5) is 21.1 Å². The summed E-state index contributed by atoms with van der Waals surface area (Å²) in [4.78, 5) is 45.7. The highest BCUT2D eigenvalue weighted by Gasteiger charge is 2.36. The van der Waals surface area contributed by atoms with Crippen LogP contribution in [-0.4, -0.2) is 75.1 Å². The first-order valence-corrected chi connectivity index (χ1v) is 19.5. The van der Waals surface area contributed by atoms with Crippen molar-refractivity contribution >= 4 is 53.1 Å². The number of para-hydroxylation sites is 1. The molecule has 1 fully saturated rings. The van der Waals surface area contributed by atoms with Crippen molar-refractivity contribution < 1.29 is 37.0 Å². The molecule has 1 aromatic carbocycles. The number of nitrogens with one attached hydrogen (secondary N) is 1. The van der Waals surface area contributed by atoms with Gasteiger partial charge in [0.1, 0.15) is 23.1 Å². The molecule has 3 rings (SSSR count). The highest BCUT2D eigenvalue weighted by molar-refractivity contribution is 7.72. The minimum absolute atomic E-state index is 0.115. The molecule has 0 radical (unpaired) electrons. The Bertz CT molecular complexity index is 1530. The molecule has 1 aliphatic rings. The maximum Gasteiger partial charge on any atom is 0.421 e. The molecule has 246 valence electrons. The zero-order chi connectivity index (χ0) is 33.7. The van der Waals surface area contributed by atoms with Gasteiger partial charge < -0.3 is 19.5 Å². The van der Waals surface area contributed by atoms with Gasteiger partial charge in [-0.3, -0.25) is 9.69 Å². The molecule has 0 saturated carbocycles. The van der Waals surface area contributed by atoms with Crippen molar-refractivity contribution in [1.29, 1.82) is 0 Å². The highest BCUT2D eigenvalue weighted by Crippen LogP contribution is 2.33. The van der Waals surface area contributed by atoms with Crippen molar-refractivity contribution in [2.45, 2.75) is 90.9 Å². The summed E-state index contributed by atoms with van der Waals surface area (Å²) >= 11 is 0. The number of carbonyl (C=O) groups is 3. The van der Waals surface area contributed by atoms with Crippen LogP contribution in [0.15, 0.2) is 42.6 Å². The number of hydrogen-bond acceptors (Lipinski definition) is 9. The number of nitrogens with zero attached hydrogens (tertiary/aromatic N) is 3. The summed E-state index contributed by atoms with van der Waals surface area (Å²) in [6.45, 7) is 17.1. The molecule has 2 heterocycles. The molecular formula is C31H44N4O8SSi. The number of pyridine rings is 1. The Morgan fingerprint density at radius 3 is 2.22 bits per heavy atom. The number of rotatable bonds is 7. The predicted octanol–water partition coefficient (Wildman–Crippen LogP) is 5.44. The lowest BCUT2D eigenvalue weighted by molar-refractivity contribution is -0.118. The van der Waals surface area contributed by atoms with Crippen LogP contribution in [0.25, 0.3) is 11.1 Å². The summed E-state index contributed by atoms with van der Waals surface area (Å²) in [6, 6.07) is 10.0. The van der Waals surface area contributed by atoms with Gasteiger partial charge in [0.2, 0.25) is 0 Å². The predicted molar refractivity (Wildman–Crippen MR) is 177 cm³/mol. The standard InChI is InChI=1S/C31H44N4O8SSi/c1-30(2,3)42-27(37)33-23-16-17-34(26(23)36)25-15-14-21(20-32-25)22-12-10-11-13-24(22)35(28(38)43-31(4,5)6)29(44(39)40)41-18-19-45(7,8)9/h10-15,20,23H,16-19H2,1-9H3,(H,33,37)/t23-/m0/s1. The second-order valence-electron chi connectivity index (χ2n) is 13.9. The lowest BCUT2D eigenvalue weighted by atomic mass is 10.0. The summed E-state index contributed by atoms with van der Waals surface area (Å²) < 4.78 is 41.6. The molecule has 0 unspecified atom stereocenters. The maximum absolute atomic E-state index is 13.5. The average molecular weight is 661 g/mol. The third-order valence-electron chi connectivity index (χ3n) is 6.36. The number of amides is 3. The van der Waals surface area contributed by atoms with Gasteiger partial charge in [0.15, 0.2) is 0 Å². The van der Waals surface area contributed by atoms with Gasteiger partial charge in [0.05, 0.1) is 12.3 Å². The quantitative estimate of drug-likeness (QED) is 0.303. The van der Waals surface area contributed by atoms with E-state index in [4.69, 9.17) is 14.2 Å². The van der Waals surface area contributed by atoms with E-state index in [0.717, 1.165) is 4.90 Å². The van der Waals surface area contributed by atoms with Crippen molar-refractivity contribution in [3.05, 3.63) is 42.6 Å². The van der Waals surface area contributed by atoms with Gasteiger partial charge in [-0.1, -0.05) is 37.8 Å². The fourth-order valence-corrected chi connectivity index (χ4v) is 5.54. The maximum atomic E-state index is 13.5. The number of aromatic nitrogens is 1. The summed E-state index contributed by atoms with van der Waals surface area (Å²) in [6.07, 6.45) is 0.330. The Kier molecular flexibility index (Phi) is 11.2. The van der Waals surface area contributed by atoms with Gasteiger partial charge in [-0.25, -0.2) is 19.5 Å². The average Bonchev–Trinajstić information content (AvgIpc) is 3.25.